The van der Waals surface area contributed by atoms with Crippen molar-refractivity contribution in [2.24, 2.45) is 0 Å². The van der Waals surface area contributed by atoms with Crippen molar-refractivity contribution >= 4 is 23.9 Å². The van der Waals surface area contributed by atoms with Crippen LogP contribution in [0.4, 0.5) is 0 Å². The summed E-state index contributed by atoms with van der Waals surface area (Å²) in [7, 11) is 0. The average Bonchev–Trinajstić information content (AvgIpc) is 3.39. The van der Waals surface area contributed by atoms with Crippen LogP contribution in [0.1, 0.15) is 252 Å². The second kappa shape index (κ2) is 50.9. The zero-order chi connectivity index (χ0) is 54.7. The molecule has 1 heterocycles. The number of rotatable bonds is 50. The van der Waals surface area contributed by atoms with Gasteiger partial charge in [0.1, 0.15) is 18.8 Å². The predicted octanol–water partition coefficient (Wildman–Crippen LogP) is 15.3. The van der Waals surface area contributed by atoms with Crippen molar-refractivity contribution in [3.05, 3.63) is 72.9 Å². The molecule has 0 aromatic rings. The number of unbranched alkanes of at least 4 members (excludes halogenated alkanes) is 24. The molecule has 0 amide bonds. The quantitative estimate of drug-likeness (QED) is 0.0228. The molecule has 0 radical (unpaired) electrons. The molecule has 0 spiro atoms. The number of esters is 3. The second-order valence-electron chi connectivity index (χ2n) is 20.3. The first kappa shape index (κ1) is 69.2. The molecule has 1 saturated heterocycles. The molecule has 3 N–H and O–H groups in total. The summed E-state index contributed by atoms with van der Waals surface area (Å²) in [5.41, 5.74) is 0. The normalized spacial score (nSPS) is 18.7. The third kappa shape index (κ3) is 41.0. The van der Waals surface area contributed by atoms with Crippen molar-refractivity contribution < 1.29 is 58.2 Å². The van der Waals surface area contributed by atoms with E-state index in [1.54, 1.807) is 0 Å². The third-order valence-electron chi connectivity index (χ3n) is 13.3. The maximum Gasteiger partial charge on any atom is 0.335 e. The van der Waals surface area contributed by atoms with E-state index in [9.17, 15) is 34.5 Å². The molecule has 0 aliphatic carbocycles. The molecule has 75 heavy (non-hydrogen) atoms. The molecule has 1 aliphatic rings. The Bertz CT molecular complexity index is 1580. The largest absolute Gasteiger partial charge is 0.479 e. The zero-order valence-electron chi connectivity index (χ0n) is 47.3. The lowest BCUT2D eigenvalue weighted by Gasteiger charge is -2.40. The molecule has 0 aromatic carbocycles. The van der Waals surface area contributed by atoms with Crippen LogP contribution >= 0.6 is 0 Å². The molecule has 0 saturated carbocycles. The van der Waals surface area contributed by atoms with Crippen LogP contribution in [0.2, 0.25) is 0 Å². The van der Waals surface area contributed by atoms with Crippen molar-refractivity contribution in [1.29, 1.82) is 0 Å². The minimum atomic E-state index is -1.91. The summed E-state index contributed by atoms with van der Waals surface area (Å²) in [6.07, 6.45) is 51.7. The highest BCUT2D eigenvalue weighted by atomic mass is 16.7. The molecule has 6 atom stereocenters. The van der Waals surface area contributed by atoms with Gasteiger partial charge >= 0.3 is 23.9 Å². The topological polar surface area (TPSA) is 175 Å². The Morgan fingerprint density at radius 2 is 0.840 bits per heavy atom. The molecule has 430 valence electrons. The van der Waals surface area contributed by atoms with Crippen LogP contribution in [-0.2, 0) is 42.9 Å². The Labute approximate surface area is 455 Å². The standard InChI is InChI=1S/C63H106O12/c1-4-7-10-13-16-19-21-23-25-27-28-30-31-33-35-38-40-43-46-49-55(64)71-52-54(73-56(65)50-47-44-41-37-18-15-12-9-6-3)53-72-63-61(59(68)58(67)60(75-63)62(69)70)74-57(66)51-48-45-42-39-36-34-32-29-26-24-22-20-17-14-11-8-5-2/h7,10,16,19,23-26,28,30,33,35,54,58-61,63,67-68H,4-6,8-9,11-15,17-18,20-22,27,29,31-32,34,36-53H2,1-3H3,(H,69,70)/b10-7-,19-16-,25-23-,26-24-,30-28-,35-33-. The molecule has 0 bridgehead atoms. The van der Waals surface area contributed by atoms with Crippen LogP contribution in [0, 0.1) is 0 Å². The highest BCUT2D eigenvalue weighted by molar-refractivity contribution is 5.74. The maximum absolute atomic E-state index is 13.1. The van der Waals surface area contributed by atoms with E-state index in [2.05, 4.69) is 93.7 Å². The summed E-state index contributed by atoms with van der Waals surface area (Å²) in [5.74, 6) is -3.16. The lowest BCUT2D eigenvalue weighted by atomic mass is 9.98. The number of aliphatic hydroxyl groups excluding tert-OH is 2. The van der Waals surface area contributed by atoms with Crippen LogP contribution < -0.4 is 0 Å². The fourth-order valence-electron chi connectivity index (χ4n) is 8.68. The van der Waals surface area contributed by atoms with Gasteiger partial charge in [-0.1, -0.05) is 216 Å². The Balaban J connectivity index is 2.65. The zero-order valence-corrected chi connectivity index (χ0v) is 47.3. The SMILES string of the molecule is CC/C=C\C/C=C\C/C=C\C/C=C\C/C=C\CCCCCC(=O)OCC(COC1OC(C(=O)O)C(O)C(O)C1OC(=O)CCCCCCCCC/C=C\CCCCCCCC)OC(=O)CCCCCCCCCCC. The van der Waals surface area contributed by atoms with Crippen molar-refractivity contribution in [3.63, 3.8) is 0 Å². The molecule has 1 aliphatic heterocycles. The summed E-state index contributed by atoms with van der Waals surface area (Å²) in [4.78, 5) is 51.0. The lowest BCUT2D eigenvalue weighted by molar-refractivity contribution is -0.301. The van der Waals surface area contributed by atoms with E-state index in [-0.39, 0.29) is 25.9 Å². The molecular weight excluding hydrogens is 949 g/mol. The van der Waals surface area contributed by atoms with E-state index < -0.39 is 67.3 Å². The van der Waals surface area contributed by atoms with Crippen LogP contribution in [0.5, 0.6) is 0 Å². The van der Waals surface area contributed by atoms with E-state index in [0.29, 0.717) is 19.3 Å². The van der Waals surface area contributed by atoms with E-state index in [4.69, 9.17) is 23.7 Å². The third-order valence-corrected chi connectivity index (χ3v) is 13.3. The van der Waals surface area contributed by atoms with Gasteiger partial charge in [0, 0.05) is 19.3 Å². The molecule has 6 unspecified atom stereocenters. The summed E-state index contributed by atoms with van der Waals surface area (Å²) in [5, 5.41) is 31.5. The predicted molar refractivity (Wildman–Crippen MR) is 303 cm³/mol. The lowest BCUT2D eigenvalue weighted by Crippen LogP contribution is -2.61. The van der Waals surface area contributed by atoms with Crippen LogP contribution in [-0.4, -0.2) is 89.2 Å². The van der Waals surface area contributed by atoms with Gasteiger partial charge in [-0.2, -0.15) is 0 Å². The maximum atomic E-state index is 13.1. The summed E-state index contributed by atoms with van der Waals surface area (Å²) >= 11 is 0. The van der Waals surface area contributed by atoms with Crippen molar-refractivity contribution in [3.8, 4) is 0 Å². The number of carbonyl (C=O) groups is 4. The van der Waals surface area contributed by atoms with E-state index >= 15 is 0 Å². The van der Waals surface area contributed by atoms with Gasteiger partial charge in [-0.05, 0) is 89.9 Å². The first-order valence-electron chi connectivity index (χ1n) is 29.9. The van der Waals surface area contributed by atoms with Crippen molar-refractivity contribution in [1.82, 2.24) is 0 Å². The minimum Gasteiger partial charge on any atom is -0.479 e. The van der Waals surface area contributed by atoms with Gasteiger partial charge in [0.2, 0.25) is 0 Å². The van der Waals surface area contributed by atoms with Crippen LogP contribution in [0.3, 0.4) is 0 Å². The molecular formula is C63H106O12. The highest BCUT2D eigenvalue weighted by Gasteiger charge is 2.50. The monoisotopic (exact) mass is 1050 g/mol. The van der Waals surface area contributed by atoms with E-state index in [0.717, 1.165) is 103 Å². The number of allylic oxidation sites excluding steroid dienone is 12. The number of carbonyl (C=O) groups excluding carboxylic acids is 3. The van der Waals surface area contributed by atoms with Gasteiger partial charge in [0.05, 0.1) is 6.61 Å². The second-order valence-corrected chi connectivity index (χ2v) is 20.3. The number of aliphatic carboxylic acids is 1. The highest BCUT2D eigenvalue weighted by Crippen LogP contribution is 2.26. The van der Waals surface area contributed by atoms with E-state index in [1.165, 1.54) is 89.9 Å². The number of hydrogen-bond donors (Lipinski definition) is 3. The number of aliphatic hydroxyl groups is 2. The van der Waals surface area contributed by atoms with Gasteiger partial charge in [0.25, 0.3) is 0 Å². The Hall–Kier alpha value is -3.84. The Morgan fingerprint density at radius 3 is 1.31 bits per heavy atom. The van der Waals surface area contributed by atoms with Gasteiger partial charge in [-0.25, -0.2) is 4.79 Å². The molecule has 1 fully saturated rings. The Kier molecular flexibility index (Phi) is 47.0. The summed E-state index contributed by atoms with van der Waals surface area (Å²) < 4.78 is 28.4. The molecule has 0 aromatic heterocycles. The molecule has 12 heteroatoms. The van der Waals surface area contributed by atoms with Gasteiger partial charge in [0.15, 0.2) is 24.6 Å². The minimum absolute atomic E-state index is 0.0518. The fraction of sp³-hybridized carbons (Fsp3) is 0.746. The Morgan fingerprint density at radius 1 is 0.453 bits per heavy atom. The van der Waals surface area contributed by atoms with Gasteiger partial charge < -0.3 is 39.0 Å². The average molecular weight is 1060 g/mol. The smallest absolute Gasteiger partial charge is 0.335 e. The van der Waals surface area contributed by atoms with Crippen LogP contribution in [0.25, 0.3) is 0 Å². The molecule has 12 nitrogen and oxygen atoms in total. The number of carboxylic acid groups (broad SMARTS) is 1. The van der Waals surface area contributed by atoms with Crippen molar-refractivity contribution in [2.75, 3.05) is 13.2 Å². The first-order chi connectivity index (χ1) is 36.6. The summed E-state index contributed by atoms with van der Waals surface area (Å²) in [6, 6.07) is 0. The summed E-state index contributed by atoms with van der Waals surface area (Å²) in [6.45, 7) is 5.82. The number of hydrogen-bond acceptors (Lipinski definition) is 11. The van der Waals surface area contributed by atoms with Gasteiger partial charge in [-0.3, -0.25) is 14.4 Å². The number of ether oxygens (including phenoxy) is 5. The van der Waals surface area contributed by atoms with Crippen LogP contribution in [0.15, 0.2) is 72.9 Å². The van der Waals surface area contributed by atoms with Crippen molar-refractivity contribution in [2.45, 2.75) is 289 Å². The van der Waals surface area contributed by atoms with E-state index in [1.807, 2.05) is 0 Å². The molecule has 1 rings (SSSR count). The van der Waals surface area contributed by atoms with Gasteiger partial charge in [-0.15, -0.1) is 0 Å². The number of carboxylic acids is 1. The fourth-order valence-corrected chi connectivity index (χ4v) is 8.68. The first-order valence-corrected chi connectivity index (χ1v) is 29.9.